The SMILES string of the molecule is CCC(NCc1cc(F)ccc1C)c1ccc(Br)cc1. The normalized spacial score (nSPS) is 12.4. The molecule has 0 saturated carbocycles. The van der Waals surface area contributed by atoms with Crippen LogP contribution in [0.25, 0.3) is 0 Å². The topological polar surface area (TPSA) is 12.0 Å². The standard InChI is InChI=1S/C17H19BrFN/c1-3-17(13-5-7-15(18)8-6-13)20-11-14-10-16(19)9-4-12(14)2/h4-10,17,20H,3,11H2,1-2H3. The molecule has 0 saturated heterocycles. The van der Waals surface area contributed by atoms with Crippen LogP contribution in [0.2, 0.25) is 0 Å². The molecule has 2 aromatic rings. The molecular formula is C17H19BrFN. The lowest BCUT2D eigenvalue weighted by Gasteiger charge is -2.18. The Morgan fingerprint density at radius 3 is 2.50 bits per heavy atom. The molecule has 1 atom stereocenters. The van der Waals surface area contributed by atoms with Crippen LogP contribution >= 0.6 is 15.9 Å². The molecule has 0 spiro atoms. The van der Waals surface area contributed by atoms with Crippen LogP contribution in [0.4, 0.5) is 4.39 Å². The maximum Gasteiger partial charge on any atom is 0.123 e. The van der Waals surface area contributed by atoms with E-state index in [0.717, 1.165) is 22.0 Å². The van der Waals surface area contributed by atoms with Gasteiger partial charge in [0, 0.05) is 17.1 Å². The van der Waals surface area contributed by atoms with Gasteiger partial charge in [-0.1, -0.05) is 41.1 Å². The van der Waals surface area contributed by atoms with Crippen molar-refractivity contribution in [2.24, 2.45) is 0 Å². The second-order valence-electron chi connectivity index (χ2n) is 4.96. The molecule has 1 unspecified atom stereocenters. The fraction of sp³-hybridized carbons (Fsp3) is 0.294. The number of rotatable bonds is 5. The molecule has 2 aromatic carbocycles. The van der Waals surface area contributed by atoms with Crippen molar-refractivity contribution in [2.45, 2.75) is 32.9 Å². The van der Waals surface area contributed by atoms with Gasteiger partial charge < -0.3 is 5.32 Å². The Labute approximate surface area is 128 Å². The van der Waals surface area contributed by atoms with Crippen molar-refractivity contribution in [1.29, 1.82) is 0 Å². The quantitative estimate of drug-likeness (QED) is 0.797. The van der Waals surface area contributed by atoms with Crippen LogP contribution in [0, 0.1) is 12.7 Å². The second kappa shape index (κ2) is 7.00. The number of nitrogens with one attached hydrogen (secondary N) is 1. The summed E-state index contributed by atoms with van der Waals surface area (Å²) in [5.74, 6) is -0.177. The van der Waals surface area contributed by atoms with E-state index >= 15 is 0 Å². The highest BCUT2D eigenvalue weighted by atomic mass is 79.9. The Kier molecular flexibility index (Phi) is 5.32. The maximum absolute atomic E-state index is 13.3. The van der Waals surface area contributed by atoms with E-state index < -0.39 is 0 Å². The van der Waals surface area contributed by atoms with Gasteiger partial charge in [-0.05, 0) is 54.3 Å². The van der Waals surface area contributed by atoms with Crippen molar-refractivity contribution in [3.05, 3.63) is 69.4 Å². The minimum absolute atomic E-state index is 0.177. The zero-order valence-corrected chi connectivity index (χ0v) is 13.4. The number of benzene rings is 2. The molecule has 1 nitrogen and oxygen atoms in total. The van der Waals surface area contributed by atoms with Gasteiger partial charge in [-0.2, -0.15) is 0 Å². The average Bonchev–Trinajstić information content (AvgIpc) is 2.45. The van der Waals surface area contributed by atoms with Crippen LogP contribution in [0.1, 0.15) is 36.1 Å². The average molecular weight is 336 g/mol. The summed E-state index contributed by atoms with van der Waals surface area (Å²) in [4.78, 5) is 0. The van der Waals surface area contributed by atoms with E-state index in [9.17, 15) is 4.39 Å². The summed E-state index contributed by atoms with van der Waals surface area (Å²) in [6, 6.07) is 13.5. The first-order valence-electron chi connectivity index (χ1n) is 6.84. The van der Waals surface area contributed by atoms with Crippen LogP contribution in [0.15, 0.2) is 46.9 Å². The van der Waals surface area contributed by atoms with Gasteiger partial charge in [-0.25, -0.2) is 4.39 Å². The van der Waals surface area contributed by atoms with E-state index in [0.29, 0.717) is 6.54 Å². The fourth-order valence-corrected chi connectivity index (χ4v) is 2.52. The van der Waals surface area contributed by atoms with E-state index in [-0.39, 0.29) is 11.9 Å². The summed E-state index contributed by atoms with van der Waals surface area (Å²) in [6.07, 6.45) is 0.996. The van der Waals surface area contributed by atoms with E-state index in [1.807, 2.05) is 25.1 Å². The first-order valence-corrected chi connectivity index (χ1v) is 7.63. The molecule has 0 radical (unpaired) electrons. The molecular weight excluding hydrogens is 317 g/mol. The van der Waals surface area contributed by atoms with Crippen molar-refractivity contribution in [2.75, 3.05) is 0 Å². The Morgan fingerprint density at radius 1 is 1.15 bits per heavy atom. The monoisotopic (exact) mass is 335 g/mol. The number of hydrogen-bond donors (Lipinski definition) is 1. The van der Waals surface area contributed by atoms with Crippen LogP contribution < -0.4 is 5.32 Å². The highest BCUT2D eigenvalue weighted by Gasteiger charge is 2.09. The minimum Gasteiger partial charge on any atom is -0.306 e. The first-order chi connectivity index (χ1) is 9.60. The summed E-state index contributed by atoms with van der Waals surface area (Å²) in [7, 11) is 0. The van der Waals surface area contributed by atoms with E-state index in [4.69, 9.17) is 0 Å². The molecule has 0 aliphatic carbocycles. The van der Waals surface area contributed by atoms with Crippen molar-refractivity contribution in [3.63, 3.8) is 0 Å². The van der Waals surface area contributed by atoms with Crippen LogP contribution in [0.3, 0.4) is 0 Å². The Balaban J connectivity index is 2.07. The van der Waals surface area contributed by atoms with Crippen molar-refractivity contribution in [3.8, 4) is 0 Å². The number of hydrogen-bond acceptors (Lipinski definition) is 1. The zero-order chi connectivity index (χ0) is 14.5. The lowest BCUT2D eigenvalue weighted by Crippen LogP contribution is -2.20. The van der Waals surface area contributed by atoms with Gasteiger partial charge in [-0.3, -0.25) is 0 Å². The molecule has 0 fully saturated rings. The predicted octanol–water partition coefficient (Wildman–Crippen LogP) is 5.14. The first kappa shape index (κ1) is 15.2. The fourth-order valence-electron chi connectivity index (χ4n) is 2.26. The molecule has 0 aliphatic heterocycles. The van der Waals surface area contributed by atoms with E-state index in [2.05, 4.69) is 40.3 Å². The smallest absolute Gasteiger partial charge is 0.123 e. The number of aryl methyl sites for hydroxylation is 1. The summed E-state index contributed by atoms with van der Waals surface area (Å²) in [6.45, 7) is 4.84. The summed E-state index contributed by atoms with van der Waals surface area (Å²) >= 11 is 3.45. The molecule has 106 valence electrons. The van der Waals surface area contributed by atoms with Crippen molar-refractivity contribution < 1.29 is 4.39 Å². The van der Waals surface area contributed by atoms with Gasteiger partial charge in [-0.15, -0.1) is 0 Å². The van der Waals surface area contributed by atoms with E-state index in [1.54, 1.807) is 6.07 Å². The third kappa shape index (κ3) is 3.90. The largest absolute Gasteiger partial charge is 0.306 e. The summed E-state index contributed by atoms with van der Waals surface area (Å²) < 4.78 is 14.4. The van der Waals surface area contributed by atoms with Crippen molar-refractivity contribution >= 4 is 15.9 Å². The van der Waals surface area contributed by atoms with Gasteiger partial charge in [0.25, 0.3) is 0 Å². The third-order valence-electron chi connectivity index (χ3n) is 3.53. The molecule has 20 heavy (non-hydrogen) atoms. The summed E-state index contributed by atoms with van der Waals surface area (Å²) in [5, 5.41) is 3.51. The second-order valence-corrected chi connectivity index (χ2v) is 5.88. The third-order valence-corrected chi connectivity index (χ3v) is 4.06. The van der Waals surface area contributed by atoms with Gasteiger partial charge in [0.05, 0.1) is 0 Å². The van der Waals surface area contributed by atoms with Crippen LogP contribution in [-0.2, 0) is 6.54 Å². The molecule has 0 amide bonds. The van der Waals surface area contributed by atoms with Gasteiger partial charge in [0.2, 0.25) is 0 Å². The molecule has 2 rings (SSSR count). The van der Waals surface area contributed by atoms with Gasteiger partial charge in [0.15, 0.2) is 0 Å². The maximum atomic E-state index is 13.3. The van der Waals surface area contributed by atoms with E-state index in [1.165, 1.54) is 11.6 Å². The van der Waals surface area contributed by atoms with Gasteiger partial charge >= 0.3 is 0 Å². The highest BCUT2D eigenvalue weighted by molar-refractivity contribution is 9.10. The molecule has 3 heteroatoms. The van der Waals surface area contributed by atoms with Crippen LogP contribution in [0.5, 0.6) is 0 Å². The van der Waals surface area contributed by atoms with Crippen molar-refractivity contribution in [1.82, 2.24) is 5.32 Å². The molecule has 1 N–H and O–H groups in total. The predicted molar refractivity (Wildman–Crippen MR) is 85.2 cm³/mol. The Bertz CT molecular complexity index is 566. The Hall–Kier alpha value is -1.19. The lowest BCUT2D eigenvalue weighted by molar-refractivity contribution is 0.516. The van der Waals surface area contributed by atoms with Gasteiger partial charge in [0.1, 0.15) is 5.82 Å². The van der Waals surface area contributed by atoms with Crippen LogP contribution in [-0.4, -0.2) is 0 Å². The molecule has 0 aromatic heterocycles. The lowest BCUT2D eigenvalue weighted by atomic mass is 10.0. The Morgan fingerprint density at radius 2 is 1.85 bits per heavy atom. The number of halogens is 2. The molecule has 0 bridgehead atoms. The minimum atomic E-state index is -0.177. The highest BCUT2D eigenvalue weighted by Crippen LogP contribution is 2.20. The zero-order valence-electron chi connectivity index (χ0n) is 11.8. The molecule has 0 heterocycles. The summed E-state index contributed by atoms with van der Waals surface area (Å²) in [5.41, 5.74) is 3.38. The molecule has 0 aliphatic rings.